The van der Waals surface area contributed by atoms with Gasteiger partial charge >= 0.3 is 0 Å². The molecule has 0 saturated carbocycles. The van der Waals surface area contributed by atoms with E-state index in [9.17, 15) is 15.3 Å². The smallest absolute Gasteiger partial charge is 0.158 e. The molecule has 1 fully saturated rings. The summed E-state index contributed by atoms with van der Waals surface area (Å²) in [6.07, 6.45) is 2.90. The summed E-state index contributed by atoms with van der Waals surface area (Å²) in [5.74, 6) is 1.10. The summed E-state index contributed by atoms with van der Waals surface area (Å²) in [7, 11) is 0. The first kappa shape index (κ1) is 24.8. The standard InChI is InChI=1S/C22H44O5/c1-14(2)21(27-20-11-15(3)10-18(6)26-20)16(4)13-22(7,25)9-8-19(24)12-17(5)23/h14-21,23-25H,8-13H2,1-7H3/t15?,16?,17-,18?,19?,20-,21?,22-/m0/s1. The van der Waals surface area contributed by atoms with Gasteiger partial charge in [0, 0.05) is 6.42 Å². The van der Waals surface area contributed by atoms with Crippen molar-refractivity contribution in [1.29, 1.82) is 0 Å². The number of rotatable bonds is 11. The maximum atomic E-state index is 10.8. The number of hydrogen-bond acceptors (Lipinski definition) is 5. The molecule has 0 bridgehead atoms. The highest BCUT2D eigenvalue weighted by Crippen LogP contribution is 2.32. The van der Waals surface area contributed by atoms with E-state index >= 15 is 0 Å². The molecule has 1 aliphatic heterocycles. The van der Waals surface area contributed by atoms with Crippen molar-refractivity contribution in [1.82, 2.24) is 0 Å². The minimum Gasteiger partial charge on any atom is -0.393 e. The van der Waals surface area contributed by atoms with Gasteiger partial charge in [-0.2, -0.15) is 0 Å². The summed E-state index contributed by atoms with van der Waals surface area (Å²) in [5, 5.41) is 30.2. The van der Waals surface area contributed by atoms with Gasteiger partial charge in [-0.15, -0.1) is 0 Å². The lowest BCUT2D eigenvalue weighted by Gasteiger charge is -2.39. The Bertz CT molecular complexity index is 400. The Kier molecular flexibility index (Phi) is 10.2. The molecule has 1 aliphatic rings. The maximum absolute atomic E-state index is 10.8. The van der Waals surface area contributed by atoms with Crippen LogP contribution in [0.4, 0.5) is 0 Å². The molecule has 0 aliphatic carbocycles. The molecule has 0 spiro atoms. The number of hydrogen-bond donors (Lipinski definition) is 3. The molecule has 5 heteroatoms. The van der Waals surface area contributed by atoms with E-state index in [1.54, 1.807) is 6.92 Å². The van der Waals surface area contributed by atoms with Crippen LogP contribution in [0.1, 0.15) is 87.0 Å². The largest absolute Gasteiger partial charge is 0.393 e. The fourth-order valence-corrected chi connectivity index (χ4v) is 4.47. The number of aliphatic hydroxyl groups is 3. The van der Waals surface area contributed by atoms with Gasteiger partial charge in [-0.1, -0.05) is 27.7 Å². The fraction of sp³-hybridized carbons (Fsp3) is 1.00. The molecule has 0 amide bonds. The Hall–Kier alpha value is -0.200. The summed E-state index contributed by atoms with van der Waals surface area (Å²) in [5.41, 5.74) is -0.871. The zero-order chi connectivity index (χ0) is 20.8. The highest BCUT2D eigenvalue weighted by molar-refractivity contribution is 4.82. The van der Waals surface area contributed by atoms with Gasteiger partial charge in [0.2, 0.25) is 0 Å². The number of aliphatic hydroxyl groups excluding tert-OH is 2. The van der Waals surface area contributed by atoms with Gasteiger partial charge < -0.3 is 24.8 Å². The maximum Gasteiger partial charge on any atom is 0.158 e. The lowest BCUT2D eigenvalue weighted by Crippen LogP contribution is -2.41. The fourth-order valence-electron chi connectivity index (χ4n) is 4.47. The Morgan fingerprint density at radius 2 is 1.74 bits per heavy atom. The van der Waals surface area contributed by atoms with Crippen molar-refractivity contribution in [2.45, 2.75) is 123 Å². The molecule has 5 nitrogen and oxygen atoms in total. The van der Waals surface area contributed by atoms with Crippen LogP contribution in [0.2, 0.25) is 0 Å². The molecule has 0 radical (unpaired) electrons. The Labute approximate surface area is 166 Å². The van der Waals surface area contributed by atoms with Crippen LogP contribution in [-0.2, 0) is 9.47 Å². The van der Waals surface area contributed by atoms with Gasteiger partial charge in [0.05, 0.1) is 30.0 Å². The van der Waals surface area contributed by atoms with E-state index in [1.807, 2.05) is 6.92 Å². The quantitative estimate of drug-likeness (QED) is 0.501. The van der Waals surface area contributed by atoms with Crippen molar-refractivity contribution in [2.75, 3.05) is 0 Å². The van der Waals surface area contributed by atoms with Gasteiger partial charge in [-0.25, -0.2) is 0 Å². The summed E-state index contributed by atoms with van der Waals surface area (Å²) < 4.78 is 12.4. The molecule has 8 atom stereocenters. The van der Waals surface area contributed by atoms with E-state index in [0.717, 1.165) is 12.8 Å². The molecule has 27 heavy (non-hydrogen) atoms. The average Bonchev–Trinajstić information content (AvgIpc) is 2.48. The zero-order valence-electron chi connectivity index (χ0n) is 18.5. The van der Waals surface area contributed by atoms with Crippen molar-refractivity contribution < 1.29 is 24.8 Å². The van der Waals surface area contributed by atoms with Crippen molar-refractivity contribution in [3.8, 4) is 0 Å². The van der Waals surface area contributed by atoms with Crippen LogP contribution < -0.4 is 0 Å². The van der Waals surface area contributed by atoms with Crippen LogP contribution in [0.15, 0.2) is 0 Å². The second-order valence-electron chi connectivity index (χ2n) is 9.75. The van der Waals surface area contributed by atoms with Crippen molar-refractivity contribution in [3.05, 3.63) is 0 Å². The summed E-state index contributed by atoms with van der Waals surface area (Å²) in [6, 6.07) is 0. The first-order valence-electron chi connectivity index (χ1n) is 10.8. The molecule has 0 aromatic carbocycles. The normalized spacial score (nSPS) is 30.6. The summed E-state index contributed by atoms with van der Waals surface area (Å²) >= 11 is 0. The van der Waals surface area contributed by atoms with E-state index in [1.165, 1.54) is 0 Å². The third kappa shape index (κ3) is 9.71. The lowest BCUT2D eigenvalue weighted by molar-refractivity contribution is -0.237. The second-order valence-corrected chi connectivity index (χ2v) is 9.75. The van der Waals surface area contributed by atoms with E-state index in [0.29, 0.717) is 37.5 Å². The minimum atomic E-state index is -0.871. The Morgan fingerprint density at radius 1 is 1.11 bits per heavy atom. The van der Waals surface area contributed by atoms with Gasteiger partial charge in [-0.05, 0) is 70.6 Å². The summed E-state index contributed by atoms with van der Waals surface area (Å²) in [6.45, 7) is 14.3. The minimum absolute atomic E-state index is 0.0152. The van der Waals surface area contributed by atoms with Gasteiger partial charge in [0.15, 0.2) is 6.29 Å². The van der Waals surface area contributed by atoms with E-state index < -0.39 is 17.8 Å². The monoisotopic (exact) mass is 388 g/mol. The van der Waals surface area contributed by atoms with E-state index in [-0.39, 0.29) is 24.4 Å². The van der Waals surface area contributed by atoms with Gasteiger partial charge in [0.1, 0.15) is 0 Å². The molecule has 0 aromatic heterocycles. The van der Waals surface area contributed by atoms with Gasteiger partial charge in [0.25, 0.3) is 0 Å². The highest BCUT2D eigenvalue weighted by atomic mass is 16.7. The average molecular weight is 389 g/mol. The topological polar surface area (TPSA) is 79.2 Å². The molecule has 5 unspecified atom stereocenters. The van der Waals surface area contributed by atoms with Crippen LogP contribution in [0, 0.1) is 17.8 Å². The lowest BCUT2D eigenvalue weighted by atomic mass is 9.82. The Balaban J connectivity index is 2.59. The van der Waals surface area contributed by atoms with E-state index in [2.05, 4.69) is 34.6 Å². The van der Waals surface area contributed by atoms with E-state index in [4.69, 9.17) is 9.47 Å². The molecular weight excluding hydrogens is 344 g/mol. The third-order valence-corrected chi connectivity index (χ3v) is 5.63. The summed E-state index contributed by atoms with van der Waals surface area (Å²) in [4.78, 5) is 0. The third-order valence-electron chi connectivity index (χ3n) is 5.63. The molecule has 3 N–H and O–H groups in total. The Morgan fingerprint density at radius 3 is 2.26 bits per heavy atom. The van der Waals surface area contributed by atoms with Crippen molar-refractivity contribution in [3.63, 3.8) is 0 Å². The van der Waals surface area contributed by atoms with Crippen molar-refractivity contribution in [2.24, 2.45) is 17.8 Å². The van der Waals surface area contributed by atoms with Crippen LogP contribution in [0.25, 0.3) is 0 Å². The van der Waals surface area contributed by atoms with Crippen LogP contribution >= 0.6 is 0 Å². The first-order valence-corrected chi connectivity index (χ1v) is 10.8. The van der Waals surface area contributed by atoms with Crippen LogP contribution in [0.5, 0.6) is 0 Å². The highest BCUT2D eigenvalue weighted by Gasteiger charge is 2.34. The second kappa shape index (κ2) is 11.1. The molecule has 162 valence electrons. The zero-order valence-corrected chi connectivity index (χ0v) is 18.5. The van der Waals surface area contributed by atoms with Crippen LogP contribution in [-0.4, -0.2) is 51.6 Å². The molecule has 1 saturated heterocycles. The molecule has 0 aromatic rings. The molecular formula is C22H44O5. The van der Waals surface area contributed by atoms with Crippen LogP contribution in [0.3, 0.4) is 0 Å². The SMILES string of the molecule is CC1CC(C)O[C@@H](OC(C(C)C)C(C)C[C@@](C)(O)CCC(O)C[C@H](C)O)C1. The predicted octanol–water partition coefficient (Wildman–Crippen LogP) is 3.88. The predicted molar refractivity (Wildman–Crippen MR) is 108 cm³/mol. The van der Waals surface area contributed by atoms with Gasteiger partial charge in [-0.3, -0.25) is 0 Å². The molecule has 1 heterocycles. The molecule has 1 rings (SSSR count). The number of ether oxygens (including phenoxy) is 2. The first-order chi connectivity index (χ1) is 12.4. The van der Waals surface area contributed by atoms with Crippen molar-refractivity contribution >= 4 is 0 Å².